The molecule has 77 heavy (non-hydrogen) atoms. The third-order valence-corrected chi connectivity index (χ3v) is 17.3. The van der Waals surface area contributed by atoms with Crippen LogP contribution in [-0.4, -0.2) is 0 Å². The van der Waals surface area contributed by atoms with E-state index in [2.05, 4.69) is 293 Å². The van der Waals surface area contributed by atoms with E-state index in [1.165, 1.54) is 132 Å². The molecular formula is C76H55N. The van der Waals surface area contributed by atoms with Crippen LogP contribution < -0.4 is 4.90 Å². The Balaban J connectivity index is 0.913. The lowest BCUT2D eigenvalue weighted by atomic mass is 9.82. The Labute approximate surface area is 451 Å². The lowest BCUT2D eigenvalue weighted by molar-refractivity contribution is 0.660. The van der Waals surface area contributed by atoms with Crippen molar-refractivity contribution in [3.63, 3.8) is 0 Å². The van der Waals surface area contributed by atoms with Gasteiger partial charge in [-0.05, 0) is 205 Å². The highest BCUT2D eigenvalue weighted by molar-refractivity contribution is 6.24. The van der Waals surface area contributed by atoms with Crippen LogP contribution >= 0.6 is 0 Å². The fraction of sp³-hybridized carbons (Fsp3) is 0.0789. The maximum atomic E-state index is 2.49. The number of benzene rings is 13. The molecule has 0 fully saturated rings. The third-order valence-electron chi connectivity index (χ3n) is 17.3. The molecule has 0 aromatic heterocycles. The molecule has 0 bridgehead atoms. The molecule has 0 radical (unpaired) electrons. The van der Waals surface area contributed by atoms with Gasteiger partial charge in [-0.2, -0.15) is 0 Å². The molecule has 0 spiro atoms. The zero-order chi connectivity index (χ0) is 51.6. The van der Waals surface area contributed by atoms with E-state index in [1.54, 1.807) is 0 Å². The summed E-state index contributed by atoms with van der Waals surface area (Å²) in [6, 6.07) is 98.0. The van der Waals surface area contributed by atoms with Gasteiger partial charge in [-0.15, -0.1) is 0 Å². The van der Waals surface area contributed by atoms with Crippen LogP contribution in [0.2, 0.25) is 0 Å². The number of fused-ring (bicyclic) bond motifs is 10. The van der Waals surface area contributed by atoms with Crippen molar-refractivity contribution in [3.8, 4) is 66.8 Å². The molecule has 0 aliphatic heterocycles. The highest BCUT2D eigenvalue weighted by Gasteiger charge is 2.38. The van der Waals surface area contributed by atoms with Crippen LogP contribution in [0.3, 0.4) is 0 Å². The standard InChI is InChI=1S/C76H55N/c1-75(2)69-29-17-15-25-61(69)63-37-35-59(46-71(63)75)77(60-36-38-64-62-26-16-18-30-70(62)76(3,4)72(64)47-60)58-34-33-52-39-54(32-31-53(52)43-58)73-65-27-13-14-28-66(65)74(68-45-51-24-12-11-23-50(51)44-67(68)73)57-41-55(48-19-7-5-8-20-48)40-56(42-57)49-21-9-6-10-22-49/h5-47H,1-4H3. The Hall–Kier alpha value is -9.30. The Kier molecular flexibility index (Phi) is 10.0. The summed E-state index contributed by atoms with van der Waals surface area (Å²) in [7, 11) is 0. The minimum absolute atomic E-state index is 0.134. The van der Waals surface area contributed by atoms with Gasteiger partial charge in [-0.25, -0.2) is 0 Å². The van der Waals surface area contributed by atoms with Crippen molar-refractivity contribution in [2.45, 2.75) is 38.5 Å². The molecule has 1 nitrogen and oxygen atoms in total. The molecule has 2 aliphatic carbocycles. The fourth-order valence-electron chi connectivity index (χ4n) is 13.5. The van der Waals surface area contributed by atoms with Gasteiger partial charge in [0.25, 0.3) is 0 Å². The van der Waals surface area contributed by atoms with Gasteiger partial charge in [-0.3, -0.25) is 0 Å². The number of rotatable bonds is 7. The normalized spacial score (nSPS) is 13.7. The highest BCUT2D eigenvalue weighted by atomic mass is 15.1. The minimum Gasteiger partial charge on any atom is -0.310 e. The van der Waals surface area contributed by atoms with Crippen molar-refractivity contribution in [2.75, 3.05) is 4.90 Å². The Morgan fingerprint density at radius 2 is 0.623 bits per heavy atom. The fourth-order valence-corrected chi connectivity index (χ4v) is 13.5. The predicted octanol–water partition coefficient (Wildman–Crippen LogP) is 21.0. The van der Waals surface area contributed by atoms with E-state index in [4.69, 9.17) is 0 Å². The summed E-state index contributed by atoms with van der Waals surface area (Å²) in [5.74, 6) is 0. The SMILES string of the molecule is CC1(C)c2ccccc2-c2ccc(N(c3ccc4c(c3)C(C)(C)c3ccccc3-4)c3ccc4cc(-c5c6ccccc6c(-c6cc(-c7ccccc7)cc(-c7ccccc7)c6)c6cc7ccccc7cc56)ccc4c3)cc21. The van der Waals surface area contributed by atoms with E-state index >= 15 is 0 Å². The van der Waals surface area contributed by atoms with E-state index in [9.17, 15) is 0 Å². The average Bonchev–Trinajstić information content (AvgIpc) is 3.86. The second-order valence-corrected chi connectivity index (χ2v) is 22.5. The molecule has 13 aromatic carbocycles. The van der Waals surface area contributed by atoms with Crippen LogP contribution in [0.5, 0.6) is 0 Å². The zero-order valence-corrected chi connectivity index (χ0v) is 43.8. The number of nitrogens with zero attached hydrogens (tertiary/aromatic N) is 1. The molecule has 15 rings (SSSR count). The molecule has 0 atom stereocenters. The zero-order valence-electron chi connectivity index (χ0n) is 43.8. The minimum atomic E-state index is -0.134. The second kappa shape index (κ2) is 17.1. The summed E-state index contributed by atoms with van der Waals surface area (Å²) < 4.78 is 0. The predicted molar refractivity (Wildman–Crippen MR) is 328 cm³/mol. The van der Waals surface area contributed by atoms with E-state index in [-0.39, 0.29) is 10.8 Å². The molecule has 0 heterocycles. The van der Waals surface area contributed by atoms with E-state index in [1.807, 2.05) is 0 Å². The monoisotopic (exact) mass is 981 g/mol. The van der Waals surface area contributed by atoms with E-state index in [0.717, 1.165) is 17.1 Å². The number of hydrogen-bond donors (Lipinski definition) is 0. The molecule has 1 heteroatoms. The maximum Gasteiger partial charge on any atom is 0.0468 e. The van der Waals surface area contributed by atoms with Crippen LogP contribution in [0, 0.1) is 0 Å². The maximum absolute atomic E-state index is 2.49. The first-order valence-corrected chi connectivity index (χ1v) is 27.1. The smallest absolute Gasteiger partial charge is 0.0468 e. The number of hydrogen-bond acceptors (Lipinski definition) is 1. The van der Waals surface area contributed by atoms with Gasteiger partial charge in [0.15, 0.2) is 0 Å². The highest BCUT2D eigenvalue weighted by Crippen LogP contribution is 2.54. The summed E-state index contributed by atoms with van der Waals surface area (Å²) in [4.78, 5) is 2.49. The summed E-state index contributed by atoms with van der Waals surface area (Å²) in [6.07, 6.45) is 0. The Morgan fingerprint density at radius 1 is 0.234 bits per heavy atom. The van der Waals surface area contributed by atoms with Crippen LogP contribution in [-0.2, 0) is 10.8 Å². The van der Waals surface area contributed by atoms with Crippen molar-refractivity contribution < 1.29 is 0 Å². The van der Waals surface area contributed by atoms with Crippen molar-refractivity contribution >= 4 is 60.2 Å². The van der Waals surface area contributed by atoms with Crippen molar-refractivity contribution in [3.05, 3.63) is 283 Å². The lowest BCUT2D eigenvalue weighted by Crippen LogP contribution is -2.18. The summed E-state index contributed by atoms with van der Waals surface area (Å²) in [5.41, 5.74) is 23.7. The molecule has 0 amide bonds. The molecule has 364 valence electrons. The average molecular weight is 982 g/mol. The summed E-state index contributed by atoms with van der Waals surface area (Å²) in [6.45, 7) is 9.51. The molecule has 0 unspecified atom stereocenters. The van der Waals surface area contributed by atoms with Gasteiger partial charge >= 0.3 is 0 Å². The molecule has 0 saturated heterocycles. The first-order chi connectivity index (χ1) is 37.7. The second-order valence-electron chi connectivity index (χ2n) is 22.5. The van der Waals surface area contributed by atoms with Gasteiger partial charge in [0, 0.05) is 27.9 Å². The van der Waals surface area contributed by atoms with Crippen LogP contribution in [0.4, 0.5) is 17.1 Å². The van der Waals surface area contributed by atoms with Crippen molar-refractivity contribution in [2.24, 2.45) is 0 Å². The lowest BCUT2D eigenvalue weighted by Gasteiger charge is -2.30. The van der Waals surface area contributed by atoms with Crippen molar-refractivity contribution in [1.82, 2.24) is 0 Å². The topological polar surface area (TPSA) is 3.24 Å². The molecule has 2 aliphatic rings. The molecule has 0 N–H and O–H groups in total. The van der Waals surface area contributed by atoms with E-state index in [0.29, 0.717) is 0 Å². The van der Waals surface area contributed by atoms with Gasteiger partial charge in [0.2, 0.25) is 0 Å². The largest absolute Gasteiger partial charge is 0.310 e. The van der Waals surface area contributed by atoms with Crippen LogP contribution in [0.15, 0.2) is 261 Å². The van der Waals surface area contributed by atoms with Gasteiger partial charge in [0.05, 0.1) is 0 Å². The van der Waals surface area contributed by atoms with Crippen LogP contribution in [0.1, 0.15) is 49.9 Å². The molecule has 13 aromatic rings. The summed E-state index contributed by atoms with van der Waals surface area (Å²) >= 11 is 0. The first-order valence-electron chi connectivity index (χ1n) is 27.1. The van der Waals surface area contributed by atoms with E-state index < -0.39 is 0 Å². The Bertz CT molecular complexity index is 4390. The quantitative estimate of drug-likeness (QED) is 0.144. The van der Waals surface area contributed by atoms with Gasteiger partial charge in [-0.1, -0.05) is 216 Å². The van der Waals surface area contributed by atoms with Crippen molar-refractivity contribution in [1.29, 1.82) is 0 Å². The van der Waals surface area contributed by atoms with Crippen LogP contribution in [0.25, 0.3) is 110 Å². The first kappa shape index (κ1) is 45.1. The number of anilines is 3. The molecular weight excluding hydrogens is 927 g/mol. The molecule has 0 saturated carbocycles. The Morgan fingerprint density at radius 3 is 1.17 bits per heavy atom. The van der Waals surface area contributed by atoms with Gasteiger partial charge < -0.3 is 4.90 Å². The summed E-state index contributed by atoms with van der Waals surface area (Å²) in [5, 5.41) is 9.82. The third kappa shape index (κ3) is 7.07. The van der Waals surface area contributed by atoms with Gasteiger partial charge in [0.1, 0.15) is 0 Å².